The highest BCUT2D eigenvalue weighted by atomic mass is 79.9. The van der Waals surface area contributed by atoms with Gasteiger partial charge in [-0.2, -0.15) is 0 Å². The van der Waals surface area contributed by atoms with Crippen LogP contribution in [0.1, 0.15) is 10.6 Å². The first-order valence-electron chi connectivity index (χ1n) is 6.50. The second-order valence-electron chi connectivity index (χ2n) is 4.58. The molecule has 0 atom stereocenters. The van der Waals surface area contributed by atoms with Gasteiger partial charge in [-0.1, -0.05) is 0 Å². The number of hydrogen-bond donors (Lipinski definition) is 1. The van der Waals surface area contributed by atoms with E-state index in [0.717, 1.165) is 27.4 Å². The molecule has 0 aliphatic rings. The molecule has 5 heteroatoms. The lowest BCUT2D eigenvalue weighted by Gasteiger charge is -2.00. The van der Waals surface area contributed by atoms with Crippen molar-refractivity contribution in [3.05, 3.63) is 68.8 Å². The van der Waals surface area contributed by atoms with Gasteiger partial charge in [-0.05, 0) is 64.5 Å². The maximum absolute atomic E-state index is 12.9. The number of thiophene rings is 1. The van der Waals surface area contributed by atoms with Crippen molar-refractivity contribution in [1.82, 2.24) is 5.32 Å². The smallest absolute Gasteiger partial charge is 0.134 e. The van der Waals surface area contributed by atoms with E-state index in [0.29, 0.717) is 6.54 Å². The van der Waals surface area contributed by atoms with Crippen LogP contribution in [0.2, 0.25) is 0 Å². The van der Waals surface area contributed by atoms with Crippen LogP contribution in [0.3, 0.4) is 0 Å². The number of furan rings is 1. The van der Waals surface area contributed by atoms with Gasteiger partial charge in [0.25, 0.3) is 0 Å². The van der Waals surface area contributed by atoms with Crippen LogP contribution in [0.5, 0.6) is 0 Å². The maximum Gasteiger partial charge on any atom is 0.134 e. The normalized spacial score (nSPS) is 11.0. The van der Waals surface area contributed by atoms with E-state index in [1.54, 1.807) is 23.5 Å². The zero-order chi connectivity index (χ0) is 14.7. The summed E-state index contributed by atoms with van der Waals surface area (Å²) in [6.45, 7) is 1.47. The summed E-state index contributed by atoms with van der Waals surface area (Å²) in [5, 5.41) is 3.34. The zero-order valence-corrected chi connectivity index (χ0v) is 13.5. The van der Waals surface area contributed by atoms with Gasteiger partial charge >= 0.3 is 0 Å². The first-order valence-corrected chi connectivity index (χ1v) is 8.11. The molecule has 108 valence electrons. The Labute approximate surface area is 134 Å². The van der Waals surface area contributed by atoms with Crippen molar-refractivity contribution < 1.29 is 8.81 Å². The van der Waals surface area contributed by atoms with Crippen molar-refractivity contribution >= 4 is 27.3 Å². The molecule has 2 aromatic heterocycles. The van der Waals surface area contributed by atoms with Crippen LogP contribution >= 0.6 is 27.3 Å². The summed E-state index contributed by atoms with van der Waals surface area (Å²) < 4.78 is 19.8. The van der Waals surface area contributed by atoms with Crippen molar-refractivity contribution in [2.75, 3.05) is 0 Å². The van der Waals surface area contributed by atoms with Gasteiger partial charge in [0, 0.05) is 17.0 Å². The quantitative estimate of drug-likeness (QED) is 0.672. The topological polar surface area (TPSA) is 25.2 Å². The monoisotopic (exact) mass is 365 g/mol. The first kappa shape index (κ1) is 14.5. The highest BCUT2D eigenvalue weighted by molar-refractivity contribution is 9.11. The minimum absolute atomic E-state index is 0.241. The van der Waals surface area contributed by atoms with E-state index in [-0.39, 0.29) is 5.82 Å². The van der Waals surface area contributed by atoms with E-state index in [1.807, 2.05) is 18.2 Å². The second kappa shape index (κ2) is 6.56. The molecule has 0 bridgehead atoms. The first-order chi connectivity index (χ1) is 10.2. The van der Waals surface area contributed by atoms with Gasteiger partial charge in [-0.25, -0.2) is 4.39 Å². The van der Waals surface area contributed by atoms with Gasteiger partial charge in [0.1, 0.15) is 17.3 Å². The predicted octanol–water partition coefficient (Wildman–Crippen LogP) is 5.20. The van der Waals surface area contributed by atoms with Gasteiger partial charge in [0.2, 0.25) is 0 Å². The SMILES string of the molecule is Fc1ccc(-c2ccc(CNCc3ccc(Br)s3)o2)cc1. The molecular formula is C16H13BrFNOS. The van der Waals surface area contributed by atoms with Crippen molar-refractivity contribution in [2.45, 2.75) is 13.1 Å². The van der Waals surface area contributed by atoms with E-state index in [9.17, 15) is 4.39 Å². The number of rotatable bonds is 5. The summed E-state index contributed by atoms with van der Waals surface area (Å²) in [7, 11) is 0. The molecule has 1 N–H and O–H groups in total. The molecule has 2 heterocycles. The lowest BCUT2D eigenvalue weighted by atomic mass is 10.2. The number of benzene rings is 1. The minimum atomic E-state index is -0.241. The minimum Gasteiger partial charge on any atom is -0.460 e. The molecule has 0 saturated carbocycles. The van der Waals surface area contributed by atoms with Crippen molar-refractivity contribution in [3.8, 4) is 11.3 Å². The Bertz CT molecular complexity index is 720. The molecule has 1 aromatic carbocycles. The molecule has 0 unspecified atom stereocenters. The Morgan fingerprint density at radius 3 is 2.52 bits per heavy atom. The fourth-order valence-electron chi connectivity index (χ4n) is 2.00. The summed E-state index contributed by atoms with van der Waals surface area (Å²) in [6.07, 6.45) is 0. The third-order valence-electron chi connectivity index (χ3n) is 3.02. The number of hydrogen-bond acceptors (Lipinski definition) is 3. The molecule has 0 amide bonds. The fraction of sp³-hybridized carbons (Fsp3) is 0.125. The maximum atomic E-state index is 12.9. The Kier molecular flexibility index (Phi) is 4.53. The summed E-state index contributed by atoms with van der Waals surface area (Å²) >= 11 is 5.16. The van der Waals surface area contributed by atoms with E-state index < -0.39 is 0 Å². The van der Waals surface area contributed by atoms with Crippen molar-refractivity contribution in [3.63, 3.8) is 0 Å². The third kappa shape index (κ3) is 3.81. The molecule has 0 aliphatic heterocycles. The molecule has 2 nitrogen and oxygen atoms in total. The summed E-state index contributed by atoms with van der Waals surface area (Å²) in [5.74, 6) is 1.38. The molecular weight excluding hydrogens is 353 g/mol. The lowest BCUT2D eigenvalue weighted by Crippen LogP contribution is -2.10. The molecule has 0 radical (unpaired) electrons. The third-order valence-corrected chi connectivity index (χ3v) is 4.64. The Morgan fingerprint density at radius 1 is 1.00 bits per heavy atom. The number of nitrogens with one attached hydrogen (secondary N) is 1. The molecule has 3 rings (SSSR count). The van der Waals surface area contributed by atoms with Crippen LogP contribution in [0.15, 0.2) is 56.7 Å². The Hall–Kier alpha value is -1.43. The van der Waals surface area contributed by atoms with E-state index in [2.05, 4.69) is 27.3 Å². The molecule has 0 saturated heterocycles. The van der Waals surface area contributed by atoms with Gasteiger partial charge in [-0.3, -0.25) is 0 Å². The molecule has 0 spiro atoms. The van der Waals surface area contributed by atoms with Gasteiger partial charge in [0.05, 0.1) is 10.3 Å². The predicted molar refractivity (Wildman–Crippen MR) is 86.7 cm³/mol. The van der Waals surface area contributed by atoms with Crippen LogP contribution in [-0.4, -0.2) is 0 Å². The average Bonchev–Trinajstić information content (AvgIpc) is 3.09. The van der Waals surface area contributed by atoms with E-state index >= 15 is 0 Å². The lowest BCUT2D eigenvalue weighted by molar-refractivity contribution is 0.494. The standard InChI is InChI=1S/C16H13BrFNOS/c17-16-8-6-14(21-16)10-19-9-13-5-7-15(20-13)11-1-3-12(18)4-2-11/h1-8,19H,9-10H2. The largest absolute Gasteiger partial charge is 0.460 e. The fourth-order valence-corrected chi connectivity index (χ4v) is 3.45. The van der Waals surface area contributed by atoms with Crippen LogP contribution in [-0.2, 0) is 13.1 Å². The molecule has 0 aliphatic carbocycles. The van der Waals surface area contributed by atoms with Crippen LogP contribution < -0.4 is 5.32 Å². The van der Waals surface area contributed by atoms with Crippen LogP contribution in [0.4, 0.5) is 4.39 Å². The molecule has 21 heavy (non-hydrogen) atoms. The van der Waals surface area contributed by atoms with Crippen LogP contribution in [0, 0.1) is 5.82 Å². The average molecular weight is 366 g/mol. The highest BCUT2D eigenvalue weighted by Gasteiger charge is 2.05. The summed E-state index contributed by atoms with van der Waals surface area (Å²) in [6, 6.07) is 14.3. The highest BCUT2D eigenvalue weighted by Crippen LogP contribution is 2.23. The van der Waals surface area contributed by atoms with Crippen molar-refractivity contribution in [1.29, 1.82) is 0 Å². The van der Waals surface area contributed by atoms with Gasteiger partial charge in [0.15, 0.2) is 0 Å². The van der Waals surface area contributed by atoms with Crippen LogP contribution in [0.25, 0.3) is 11.3 Å². The molecule has 0 fully saturated rings. The van der Waals surface area contributed by atoms with E-state index in [4.69, 9.17) is 4.42 Å². The zero-order valence-electron chi connectivity index (χ0n) is 11.1. The van der Waals surface area contributed by atoms with Crippen molar-refractivity contribution in [2.24, 2.45) is 0 Å². The number of halogens is 2. The summed E-state index contributed by atoms with van der Waals surface area (Å²) in [5.41, 5.74) is 0.879. The second-order valence-corrected chi connectivity index (χ2v) is 7.13. The summed E-state index contributed by atoms with van der Waals surface area (Å²) in [4.78, 5) is 1.27. The molecule has 3 aromatic rings. The van der Waals surface area contributed by atoms with Gasteiger partial charge in [-0.15, -0.1) is 11.3 Å². The van der Waals surface area contributed by atoms with E-state index in [1.165, 1.54) is 17.0 Å². The Balaban J connectivity index is 1.59. The Morgan fingerprint density at radius 2 is 1.81 bits per heavy atom. The van der Waals surface area contributed by atoms with Gasteiger partial charge < -0.3 is 9.73 Å².